The molecule has 0 atom stereocenters. The maximum absolute atomic E-state index is 12.4. The summed E-state index contributed by atoms with van der Waals surface area (Å²) in [7, 11) is -3.71. The van der Waals surface area contributed by atoms with Crippen LogP contribution in [0.4, 0.5) is 0 Å². The van der Waals surface area contributed by atoms with E-state index < -0.39 is 15.9 Å². The first kappa shape index (κ1) is 20.4. The highest BCUT2D eigenvalue weighted by atomic mass is 35.5. The Kier molecular flexibility index (Phi) is 6.38. The number of hydrogen-bond acceptors (Lipinski definition) is 5. The zero-order chi connectivity index (χ0) is 20.1. The van der Waals surface area contributed by atoms with E-state index >= 15 is 0 Å². The molecule has 2 heterocycles. The summed E-state index contributed by atoms with van der Waals surface area (Å²) in [4.78, 5) is 24.1. The van der Waals surface area contributed by atoms with Crippen LogP contribution >= 0.6 is 11.6 Å². The van der Waals surface area contributed by atoms with Crippen LogP contribution in [0, 0.1) is 0 Å². The topological polar surface area (TPSA) is 109 Å². The Labute approximate surface area is 167 Å². The van der Waals surface area contributed by atoms with Crippen molar-refractivity contribution in [2.24, 2.45) is 0 Å². The number of furan rings is 1. The number of carbonyl (C=O) groups excluding carboxylic acids is 2. The molecule has 2 aromatic rings. The highest BCUT2D eigenvalue weighted by molar-refractivity contribution is 7.89. The maximum atomic E-state index is 12.4. The molecular formula is C18H20ClN3O5S. The summed E-state index contributed by atoms with van der Waals surface area (Å²) in [6, 6.07) is 9.24. The zero-order valence-corrected chi connectivity index (χ0v) is 16.6. The maximum Gasteiger partial charge on any atom is 0.287 e. The monoisotopic (exact) mass is 425 g/mol. The fraction of sp³-hybridized carbons (Fsp3) is 0.333. The summed E-state index contributed by atoms with van der Waals surface area (Å²) in [5.74, 6) is -1.01. The molecule has 1 aliphatic rings. The molecule has 3 rings (SSSR count). The molecule has 2 N–H and O–H groups in total. The predicted molar refractivity (Wildman–Crippen MR) is 103 cm³/mol. The van der Waals surface area contributed by atoms with Crippen molar-refractivity contribution >= 4 is 33.4 Å². The van der Waals surface area contributed by atoms with Gasteiger partial charge < -0.3 is 15.1 Å². The minimum Gasteiger partial charge on any atom is -0.438 e. The van der Waals surface area contributed by atoms with Crippen LogP contribution < -0.4 is 10.6 Å². The first-order valence-corrected chi connectivity index (χ1v) is 10.6. The third-order valence-corrected chi connectivity index (χ3v) is 6.38. The first-order chi connectivity index (χ1) is 13.4. The van der Waals surface area contributed by atoms with Gasteiger partial charge in [0.15, 0.2) is 5.76 Å². The number of rotatable bonds is 7. The fourth-order valence-corrected chi connectivity index (χ4v) is 4.47. The van der Waals surface area contributed by atoms with Crippen LogP contribution in [-0.2, 0) is 10.0 Å². The molecule has 28 heavy (non-hydrogen) atoms. The standard InChI is InChI=1S/C18H20ClN3O5S/c19-14-6-2-1-5-13(14)17(23)20-9-10-21-18(24)15-7-8-16(27-15)28(25,26)22-11-3-4-12-22/h1-2,5-8H,3-4,9-12H2,(H,20,23)(H,21,24). The van der Waals surface area contributed by atoms with E-state index in [1.54, 1.807) is 24.3 Å². The summed E-state index contributed by atoms with van der Waals surface area (Å²) in [6.07, 6.45) is 1.63. The van der Waals surface area contributed by atoms with Gasteiger partial charge in [0, 0.05) is 26.2 Å². The lowest BCUT2D eigenvalue weighted by molar-refractivity contribution is 0.0906. The van der Waals surface area contributed by atoms with Crippen molar-refractivity contribution in [1.29, 1.82) is 0 Å². The number of carbonyl (C=O) groups is 2. The van der Waals surface area contributed by atoms with Gasteiger partial charge in [-0.05, 0) is 37.1 Å². The highest BCUT2D eigenvalue weighted by Crippen LogP contribution is 2.22. The van der Waals surface area contributed by atoms with Crippen LogP contribution in [-0.4, -0.2) is 50.7 Å². The molecule has 150 valence electrons. The molecule has 1 aromatic carbocycles. The Morgan fingerprint density at radius 2 is 1.64 bits per heavy atom. The lowest BCUT2D eigenvalue weighted by atomic mass is 10.2. The molecule has 0 aliphatic carbocycles. The van der Waals surface area contributed by atoms with E-state index in [-0.39, 0.29) is 29.8 Å². The van der Waals surface area contributed by atoms with Gasteiger partial charge in [-0.1, -0.05) is 23.7 Å². The predicted octanol–water partition coefficient (Wildman–Crippen LogP) is 1.88. The molecule has 1 aromatic heterocycles. The van der Waals surface area contributed by atoms with Crippen LogP contribution in [0.2, 0.25) is 5.02 Å². The Bertz CT molecular complexity index is 967. The molecule has 2 amide bonds. The van der Waals surface area contributed by atoms with E-state index in [0.29, 0.717) is 23.7 Å². The van der Waals surface area contributed by atoms with Gasteiger partial charge in [0.05, 0.1) is 10.6 Å². The van der Waals surface area contributed by atoms with Gasteiger partial charge in [0.1, 0.15) is 0 Å². The van der Waals surface area contributed by atoms with Gasteiger partial charge in [-0.25, -0.2) is 8.42 Å². The minimum absolute atomic E-state index is 0.102. The smallest absolute Gasteiger partial charge is 0.287 e. The van der Waals surface area contributed by atoms with E-state index in [9.17, 15) is 18.0 Å². The lowest BCUT2D eigenvalue weighted by Gasteiger charge is -2.12. The summed E-state index contributed by atoms with van der Waals surface area (Å²) < 4.78 is 31.4. The third kappa shape index (κ3) is 4.54. The van der Waals surface area contributed by atoms with E-state index in [2.05, 4.69) is 10.6 Å². The van der Waals surface area contributed by atoms with Crippen molar-refractivity contribution in [3.8, 4) is 0 Å². The molecule has 0 saturated carbocycles. The summed E-state index contributed by atoms with van der Waals surface area (Å²) in [5.41, 5.74) is 0.346. The van der Waals surface area contributed by atoms with Crippen molar-refractivity contribution in [2.45, 2.75) is 17.9 Å². The summed E-state index contributed by atoms with van der Waals surface area (Å²) >= 11 is 5.95. The zero-order valence-electron chi connectivity index (χ0n) is 15.0. The highest BCUT2D eigenvalue weighted by Gasteiger charge is 2.30. The molecule has 10 heteroatoms. The van der Waals surface area contributed by atoms with Gasteiger partial charge in [-0.3, -0.25) is 9.59 Å². The lowest BCUT2D eigenvalue weighted by Crippen LogP contribution is -2.34. The van der Waals surface area contributed by atoms with Crippen LogP contribution in [0.5, 0.6) is 0 Å². The number of hydrogen-bond donors (Lipinski definition) is 2. The second kappa shape index (κ2) is 8.76. The van der Waals surface area contributed by atoms with Crippen molar-refractivity contribution < 1.29 is 22.4 Å². The number of amides is 2. The van der Waals surface area contributed by atoms with Gasteiger partial charge in [0.25, 0.3) is 21.8 Å². The largest absolute Gasteiger partial charge is 0.438 e. The minimum atomic E-state index is -3.71. The van der Waals surface area contributed by atoms with Crippen LogP contribution in [0.25, 0.3) is 0 Å². The summed E-state index contributed by atoms with van der Waals surface area (Å²) in [5, 5.41) is 5.30. The normalized spacial score (nSPS) is 14.8. The molecular weight excluding hydrogens is 406 g/mol. The molecule has 8 nitrogen and oxygen atoms in total. The van der Waals surface area contributed by atoms with E-state index in [4.69, 9.17) is 16.0 Å². The summed E-state index contributed by atoms with van der Waals surface area (Å²) in [6.45, 7) is 1.23. The fourth-order valence-electron chi connectivity index (χ4n) is 2.82. The van der Waals surface area contributed by atoms with Crippen molar-refractivity contribution in [3.05, 3.63) is 52.7 Å². The van der Waals surface area contributed by atoms with Crippen molar-refractivity contribution in [3.63, 3.8) is 0 Å². The Morgan fingerprint density at radius 1 is 1.00 bits per heavy atom. The van der Waals surface area contributed by atoms with Crippen LogP contribution in [0.15, 0.2) is 45.9 Å². The Balaban J connectivity index is 1.50. The van der Waals surface area contributed by atoms with Crippen molar-refractivity contribution in [1.82, 2.24) is 14.9 Å². The number of nitrogens with one attached hydrogen (secondary N) is 2. The van der Waals surface area contributed by atoms with Crippen LogP contribution in [0.3, 0.4) is 0 Å². The molecule has 1 aliphatic heterocycles. The SMILES string of the molecule is O=C(NCCNC(=O)c1ccccc1Cl)c1ccc(S(=O)(=O)N2CCCC2)o1. The van der Waals surface area contributed by atoms with E-state index in [1.807, 2.05) is 0 Å². The second-order valence-corrected chi connectivity index (χ2v) is 8.50. The van der Waals surface area contributed by atoms with E-state index in [1.165, 1.54) is 16.4 Å². The van der Waals surface area contributed by atoms with Crippen molar-refractivity contribution in [2.75, 3.05) is 26.2 Å². The molecule has 0 radical (unpaired) electrons. The van der Waals surface area contributed by atoms with Gasteiger partial charge in [-0.15, -0.1) is 0 Å². The Morgan fingerprint density at radius 3 is 2.32 bits per heavy atom. The Hall–Kier alpha value is -2.36. The molecule has 0 unspecified atom stereocenters. The average Bonchev–Trinajstić information content (AvgIpc) is 3.37. The number of benzene rings is 1. The molecule has 1 saturated heterocycles. The molecule has 0 bridgehead atoms. The number of nitrogens with zero attached hydrogens (tertiary/aromatic N) is 1. The second-order valence-electron chi connectivity index (χ2n) is 6.22. The number of halogens is 1. The van der Waals surface area contributed by atoms with Gasteiger partial charge in [-0.2, -0.15) is 4.31 Å². The number of sulfonamides is 1. The average molecular weight is 426 g/mol. The van der Waals surface area contributed by atoms with Crippen LogP contribution in [0.1, 0.15) is 33.8 Å². The molecule has 1 fully saturated rings. The van der Waals surface area contributed by atoms with E-state index in [0.717, 1.165) is 12.8 Å². The third-order valence-electron chi connectivity index (χ3n) is 4.28. The quantitative estimate of drug-likeness (QED) is 0.658. The van der Waals surface area contributed by atoms with Gasteiger partial charge >= 0.3 is 0 Å². The van der Waals surface area contributed by atoms with Gasteiger partial charge in [0.2, 0.25) is 5.09 Å². The molecule has 0 spiro atoms. The first-order valence-electron chi connectivity index (χ1n) is 8.80.